The molecule has 0 amide bonds. The van der Waals surface area contributed by atoms with Gasteiger partial charge in [0.15, 0.2) is 5.58 Å². The molecule has 0 aliphatic carbocycles. The normalized spacial score (nSPS) is 11.5. The molecule has 10 heteroatoms. The Morgan fingerprint density at radius 2 is 0.610 bits per heavy atom. The van der Waals surface area contributed by atoms with E-state index in [9.17, 15) is 0 Å². The molecule has 0 atom stereocenters. The van der Waals surface area contributed by atoms with E-state index in [1.54, 1.807) is 0 Å². The van der Waals surface area contributed by atoms with E-state index in [-0.39, 0.29) is 0 Å². The van der Waals surface area contributed by atoms with Crippen LogP contribution in [-0.2, 0) is 28.2 Å². The van der Waals surface area contributed by atoms with Crippen molar-refractivity contribution in [2.24, 2.45) is 28.2 Å². The van der Waals surface area contributed by atoms with E-state index in [0.29, 0.717) is 0 Å². The van der Waals surface area contributed by atoms with Gasteiger partial charge in [-0.25, -0.2) is 0 Å². The number of aryl methyl sites for hydroxylation is 5. The van der Waals surface area contributed by atoms with E-state index >= 15 is 0 Å². The second-order valence-electron chi connectivity index (χ2n) is 30.1. The first-order valence-electron chi connectivity index (χ1n) is 40.0. The Bertz CT molecular complexity index is 7720. The molecule has 0 spiro atoms. The highest BCUT2D eigenvalue weighted by atomic mass is 32.1. The molecule has 118 heavy (non-hydrogen) atoms. The zero-order valence-electron chi connectivity index (χ0n) is 66.3. The Balaban J connectivity index is 0.0000000913. The molecule has 0 saturated heterocycles. The number of hydrogen-bond donors (Lipinski definition) is 0. The molecule has 0 N–H and O–H groups in total. The fraction of sp³-hybridized carbons (Fsp3) is 0.0556. The molecule has 0 radical (unpaired) electrons. The van der Waals surface area contributed by atoms with Gasteiger partial charge < -0.3 is 41.3 Å². The van der Waals surface area contributed by atoms with Crippen LogP contribution in [0.5, 0.6) is 0 Å². The van der Waals surface area contributed by atoms with Gasteiger partial charge in [-0.15, -0.1) is 11.3 Å². The highest BCUT2D eigenvalue weighted by molar-refractivity contribution is 7.26. The maximum absolute atomic E-state index is 6.17. The van der Waals surface area contributed by atoms with E-state index < -0.39 is 0 Å². The Kier molecular flexibility index (Phi) is 18.6. The first-order chi connectivity index (χ1) is 58.1. The Labute approximate surface area is 685 Å². The third-order valence-electron chi connectivity index (χ3n) is 23.3. The Hall–Kier alpha value is -14.8. The van der Waals surface area contributed by atoms with Crippen LogP contribution >= 0.6 is 11.3 Å². The van der Waals surface area contributed by atoms with Crippen LogP contribution in [0.3, 0.4) is 0 Å². The summed E-state index contributed by atoms with van der Waals surface area (Å²) in [6.07, 6.45) is 0. The number of furan rings is 3. The van der Waals surface area contributed by atoms with E-state index in [2.05, 4.69) is 398 Å². The molecule has 0 saturated carbocycles. The van der Waals surface area contributed by atoms with Crippen LogP contribution in [0.4, 0.5) is 28.4 Å². The molecule has 9 nitrogen and oxygen atoms in total. The average Bonchev–Trinajstić information content (AvgIpc) is 1.61. The SMILES string of the molecule is CN(c1ccccc1)c1ccccc1.Cc1ccc(N(c2ccccc2)c2ccccc2)cc1.Cn1c2ccccc2c2c3oc4ccccc4c3ccc21.Cn1c2ccccc2c2cc3oc4ccccc4c3cc21.Cn1c2ccccc2c2ccc3c4ccccc4oc3c21.Cn1c2ccccc2c2ccc3c4ccccc4sc3c21. The topological polar surface area (TPSA) is 65.6 Å². The van der Waals surface area contributed by atoms with Crippen molar-refractivity contribution in [1.82, 2.24) is 18.3 Å². The third kappa shape index (κ3) is 12.7. The lowest BCUT2D eigenvalue weighted by molar-refractivity contribution is 0.669. The van der Waals surface area contributed by atoms with Crippen molar-refractivity contribution in [3.63, 3.8) is 0 Å². The van der Waals surface area contributed by atoms with Crippen molar-refractivity contribution in [2.45, 2.75) is 6.92 Å². The summed E-state index contributed by atoms with van der Waals surface area (Å²) in [6, 6.07) is 135. The van der Waals surface area contributed by atoms with Gasteiger partial charge in [-0.3, -0.25) is 0 Å². The van der Waals surface area contributed by atoms with Gasteiger partial charge in [0.1, 0.15) is 27.9 Å². The van der Waals surface area contributed by atoms with Crippen LogP contribution in [0.25, 0.3) is 173 Å². The molecule has 8 heterocycles. The summed E-state index contributed by atoms with van der Waals surface area (Å²) in [4.78, 5) is 4.43. The average molecular weight is 1540 g/mol. The van der Waals surface area contributed by atoms with Crippen LogP contribution in [0, 0.1) is 6.92 Å². The van der Waals surface area contributed by atoms with Crippen LogP contribution in [0.15, 0.2) is 401 Å². The Morgan fingerprint density at radius 3 is 1.17 bits per heavy atom. The quantitative estimate of drug-likeness (QED) is 0.172. The van der Waals surface area contributed by atoms with Crippen molar-refractivity contribution in [3.05, 3.63) is 394 Å². The third-order valence-corrected chi connectivity index (χ3v) is 24.5. The van der Waals surface area contributed by atoms with E-state index in [0.717, 1.165) is 33.5 Å². The number of para-hydroxylation sites is 11. The largest absolute Gasteiger partial charge is 0.456 e. The lowest BCUT2D eigenvalue weighted by Crippen LogP contribution is -2.09. The summed E-state index contributed by atoms with van der Waals surface area (Å²) < 4.78 is 30.2. The van der Waals surface area contributed by atoms with Gasteiger partial charge in [0.25, 0.3) is 0 Å². The number of benzene rings is 17. The monoisotopic (exact) mass is 1540 g/mol. The minimum atomic E-state index is 0.949. The van der Waals surface area contributed by atoms with Crippen molar-refractivity contribution in [2.75, 3.05) is 16.8 Å². The summed E-state index contributed by atoms with van der Waals surface area (Å²) in [6.45, 7) is 2.11. The van der Waals surface area contributed by atoms with Gasteiger partial charge >= 0.3 is 0 Å². The summed E-state index contributed by atoms with van der Waals surface area (Å²) >= 11 is 1.90. The minimum absolute atomic E-state index is 0.949. The number of nitrogens with zero attached hydrogens (tertiary/aromatic N) is 6. The maximum atomic E-state index is 6.17. The van der Waals surface area contributed by atoms with Crippen LogP contribution in [0.1, 0.15) is 5.56 Å². The minimum Gasteiger partial charge on any atom is -0.456 e. The van der Waals surface area contributed by atoms with Gasteiger partial charge in [-0.1, -0.05) is 254 Å². The van der Waals surface area contributed by atoms with E-state index in [1.165, 1.54) is 174 Å². The summed E-state index contributed by atoms with van der Waals surface area (Å²) in [7, 11) is 10.6. The lowest BCUT2D eigenvalue weighted by Gasteiger charge is -2.25. The molecule has 8 aromatic heterocycles. The van der Waals surface area contributed by atoms with Crippen LogP contribution < -0.4 is 9.80 Å². The first-order valence-corrected chi connectivity index (χ1v) is 40.8. The van der Waals surface area contributed by atoms with Gasteiger partial charge in [-0.2, -0.15) is 0 Å². The van der Waals surface area contributed by atoms with Crippen molar-refractivity contribution in [3.8, 4) is 0 Å². The molecule has 25 aromatic rings. The molecule has 0 unspecified atom stereocenters. The highest BCUT2D eigenvalue weighted by Gasteiger charge is 2.21. The predicted molar refractivity (Wildman–Crippen MR) is 503 cm³/mol. The molecular weight excluding hydrogens is 1460 g/mol. The summed E-state index contributed by atoms with van der Waals surface area (Å²) in [5.74, 6) is 0. The standard InChI is InChI=1S/3C19H13NO.C19H13NS.C19H17N.C13H13N/c1-20-15-8-4-2-7-14(15)18-16(20)11-10-13-12-6-3-5-9-17(12)21-19(13)18;1-20-16-8-4-2-6-12(16)14-11-19-15(10-17(14)20)13-7-3-5-9-18(13)21-19;2*1-20-16-8-4-2-6-12(16)14-10-11-15-13-7-3-5-9-17(13)21-19(15)18(14)20;1-16-12-14-19(15-13-16)20(17-8-4-2-5-9-17)18-10-6-3-7-11-18;1-14(12-8-4-2-5-9-12)13-10-6-3-7-11-13/h4*2-11H,1H3;2-15H,1H3;2-11H,1H3. The molecule has 0 fully saturated rings. The molecule has 17 aromatic carbocycles. The predicted octanol–water partition coefficient (Wildman–Crippen LogP) is 30.3. The van der Waals surface area contributed by atoms with E-state index in [4.69, 9.17) is 13.3 Å². The van der Waals surface area contributed by atoms with Crippen molar-refractivity contribution in [1.29, 1.82) is 0 Å². The molecule has 0 aliphatic heterocycles. The van der Waals surface area contributed by atoms with Crippen molar-refractivity contribution >= 4 is 213 Å². The van der Waals surface area contributed by atoms with Gasteiger partial charge in [0.05, 0.1) is 26.6 Å². The lowest BCUT2D eigenvalue weighted by atomic mass is 10.1. The Morgan fingerprint density at radius 1 is 0.237 bits per heavy atom. The fourth-order valence-electron chi connectivity index (χ4n) is 17.4. The van der Waals surface area contributed by atoms with E-state index in [1.807, 2.05) is 72.0 Å². The molecule has 0 bridgehead atoms. The molecule has 25 rings (SSSR count). The van der Waals surface area contributed by atoms with Crippen LogP contribution in [-0.4, -0.2) is 25.3 Å². The second kappa shape index (κ2) is 30.5. The molecule has 0 aliphatic rings. The number of aromatic nitrogens is 4. The maximum Gasteiger partial charge on any atom is 0.159 e. The number of anilines is 5. The van der Waals surface area contributed by atoms with Crippen molar-refractivity contribution < 1.29 is 13.3 Å². The number of fused-ring (bicyclic) bond motifs is 27. The summed E-state index contributed by atoms with van der Waals surface area (Å²) in [5, 5.41) is 20.0. The van der Waals surface area contributed by atoms with Crippen LogP contribution in [0.2, 0.25) is 0 Å². The molecular formula is C108H82N6O3S. The highest BCUT2D eigenvalue weighted by Crippen LogP contribution is 2.45. The zero-order valence-corrected chi connectivity index (χ0v) is 67.1. The van der Waals surface area contributed by atoms with Gasteiger partial charge in [-0.05, 0) is 146 Å². The molecule has 568 valence electrons. The number of rotatable bonds is 5. The van der Waals surface area contributed by atoms with Gasteiger partial charge in [0, 0.05) is 177 Å². The summed E-state index contributed by atoms with van der Waals surface area (Å²) in [5.41, 5.74) is 23.0. The second-order valence-corrected chi connectivity index (χ2v) is 31.2. The number of hydrogen-bond acceptors (Lipinski definition) is 6. The first kappa shape index (κ1) is 72.1. The zero-order chi connectivity index (χ0) is 79.5. The van der Waals surface area contributed by atoms with Gasteiger partial charge in [0.2, 0.25) is 0 Å². The number of thiophene rings is 1. The fourth-order valence-corrected chi connectivity index (χ4v) is 18.7. The smallest absolute Gasteiger partial charge is 0.159 e.